The Morgan fingerprint density at radius 2 is 1.72 bits per heavy atom. The van der Waals surface area contributed by atoms with Gasteiger partial charge in [-0.05, 0) is 37.0 Å². The van der Waals surface area contributed by atoms with Gasteiger partial charge in [-0.1, -0.05) is 13.8 Å². The van der Waals surface area contributed by atoms with Crippen LogP contribution in [0.3, 0.4) is 0 Å². The normalized spacial score (nSPS) is 20.0. The number of nitriles is 1. The lowest BCUT2D eigenvalue weighted by Gasteiger charge is -2.38. The lowest BCUT2D eigenvalue weighted by atomic mass is 10.0. The summed E-state index contributed by atoms with van der Waals surface area (Å²) in [5.74, 6) is -0.967. The summed E-state index contributed by atoms with van der Waals surface area (Å²) in [4.78, 5) is 16.2. The fourth-order valence-electron chi connectivity index (χ4n) is 3.94. The molecule has 2 aliphatic heterocycles. The molecule has 1 aromatic rings. The molecule has 0 radical (unpaired) electrons. The SMILES string of the molecule is CC(C)C(C#N)N1CCN(C(=O)c2ccc(F)c(S(=O)(=O)N3CCCC3)c2)CC1. The minimum Gasteiger partial charge on any atom is -0.336 e. The van der Waals surface area contributed by atoms with Crippen molar-refractivity contribution in [3.63, 3.8) is 0 Å². The molecule has 3 rings (SSSR count). The van der Waals surface area contributed by atoms with Gasteiger partial charge in [-0.2, -0.15) is 9.57 Å². The Hall–Kier alpha value is -2.02. The Morgan fingerprint density at radius 1 is 1.10 bits per heavy atom. The highest BCUT2D eigenvalue weighted by molar-refractivity contribution is 7.89. The lowest BCUT2D eigenvalue weighted by Crippen LogP contribution is -2.52. The summed E-state index contributed by atoms with van der Waals surface area (Å²) in [6, 6.07) is 5.66. The third kappa shape index (κ3) is 4.44. The maximum atomic E-state index is 14.3. The molecule has 29 heavy (non-hydrogen) atoms. The zero-order valence-electron chi connectivity index (χ0n) is 16.8. The predicted octanol–water partition coefficient (Wildman–Crippen LogP) is 1.92. The molecule has 158 valence electrons. The number of piperazine rings is 1. The first-order chi connectivity index (χ1) is 13.8. The molecule has 0 spiro atoms. The van der Waals surface area contributed by atoms with Crippen LogP contribution in [0.5, 0.6) is 0 Å². The molecule has 9 heteroatoms. The van der Waals surface area contributed by atoms with E-state index in [1.165, 1.54) is 10.4 Å². The Labute approximate surface area is 171 Å². The summed E-state index contributed by atoms with van der Waals surface area (Å²) in [6.45, 7) is 6.75. The maximum Gasteiger partial charge on any atom is 0.253 e. The monoisotopic (exact) mass is 422 g/mol. The molecule has 7 nitrogen and oxygen atoms in total. The maximum absolute atomic E-state index is 14.3. The van der Waals surface area contributed by atoms with E-state index in [1.807, 2.05) is 13.8 Å². The van der Waals surface area contributed by atoms with Crippen molar-refractivity contribution in [3.8, 4) is 6.07 Å². The molecule has 0 aromatic heterocycles. The molecular weight excluding hydrogens is 395 g/mol. The first-order valence-electron chi connectivity index (χ1n) is 9.98. The van der Waals surface area contributed by atoms with Gasteiger partial charge in [-0.15, -0.1) is 0 Å². The summed E-state index contributed by atoms with van der Waals surface area (Å²) in [6.07, 6.45) is 1.51. The molecule has 2 fully saturated rings. The molecule has 1 amide bonds. The van der Waals surface area contributed by atoms with Crippen LogP contribution in [0.4, 0.5) is 4.39 Å². The van der Waals surface area contributed by atoms with E-state index in [-0.39, 0.29) is 23.4 Å². The van der Waals surface area contributed by atoms with Gasteiger partial charge < -0.3 is 4.90 Å². The number of rotatable bonds is 5. The molecule has 1 aromatic carbocycles. The summed E-state index contributed by atoms with van der Waals surface area (Å²) < 4.78 is 41.1. The number of sulfonamides is 1. The Balaban J connectivity index is 1.75. The average Bonchev–Trinajstić information content (AvgIpc) is 3.24. The molecule has 0 saturated carbocycles. The van der Waals surface area contributed by atoms with Gasteiger partial charge in [-0.25, -0.2) is 12.8 Å². The van der Waals surface area contributed by atoms with Crippen LogP contribution in [0.2, 0.25) is 0 Å². The number of carbonyl (C=O) groups is 1. The zero-order valence-corrected chi connectivity index (χ0v) is 17.7. The number of nitrogens with zero attached hydrogens (tertiary/aromatic N) is 4. The quantitative estimate of drug-likeness (QED) is 0.724. The molecule has 1 atom stereocenters. The molecule has 0 N–H and O–H groups in total. The van der Waals surface area contributed by atoms with Gasteiger partial charge in [0.1, 0.15) is 16.8 Å². The van der Waals surface area contributed by atoms with Gasteiger partial charge in [0.05, 0.1) is 6.07 Å². The van der Waals surface area contributed by atoms with Gasteiger partial charge in [0.15, 0.2) is 0 Å². The van der Waals surface area contributed by atoms with Crippen LogP contribution in [0.25, 0.3) is 0 Å². The van der Waals surface area contributed by atoms with Crippen LogP contribution in [0.1, 0.15) is 37.0 Å². The van der Waals surface area contributed by atoms with Crippen molar-refractivity contribution in [1.82, 2.24) is 14.1 Å². The molecule has 2 saturated heterocycles. The molecule has 0 aliphatic carbocycles. The van der Waals surface area contributed by atoms with Crippen molar-refractivity contribution < 1.29 is 17.6 Å². The van der Waals surface area contributed by atoms with Crippen molar-refractivity contribution in [2.24, 2.45) is 5.92 Å². The first kappa shape index (κ1) is 21.7. The third-order valence-electron chi connectivity index (χ3n) is 5.62. The second kappa shape index (κ2) is 8.78. The van der Waals surface area contributed by atoms with Gasteiger partial charge in [-0.3, -0.25) is 9.69 Å². The highest BCUT2D eigenvalue weighted by Gasteiger charge is 2.32. The lowest BCUT2D eigenvalue weighted by molar-refractivity contribution is 0.0576. The number of carbonyl (C=O) groups excluding carboxylic acids is 1. The van der Waals surface area contributed by atoms with E-state index in [0.29, 0.717) is 39.3 Å². The second-order valence-corrected chi connectivity index (χ2v) is 9.81. The average molecular weight is 423 g/mol. The van der Waals surface area contributed by atoms with E-state index in [0.717, 1.165) is 25.0 Å². The smallest absolute Gasteiger partial charge is 0.253 e. The number of amides is 1. The van der Waals surface area contributed by atoms with E-state index in [4.69, 9.17) is 0 Å². The van der Waals surface area contributed by atoms with Gasteiger partial charge in [0.25, 0.3) is 5.91 Å². The summed E-state index contributed by atoms with van der Waals surface area (Å²) in [5, 5.41) is 9.36. The highest BCUT2D eigenvalue weighted by Crippen LogP contribution is 2.25. The van der Waals surface area contributed by atoms with Crippen LogP contribution in [0.15, 0.2) is 23.1 Å². The third-order valence-corrected chi connectivity index (χ3v) is 7.53. The van der Waals surface area contributed by atoms with E-state index < -0.39 is 20.7 Å². The van der Waals surface area contributed by atoms with E-state index in [1.54, 1.807) is 4.90 Å². The summed E-state index contributed by atoms with van der Waals surface area (Å²) in [5.41, 5.74) is 0.165. The van der Waals surface area contributed by atoms with Crippen molar-refractivity contribution in [2.75, 3.05) is 39.3 Å². The minimum absolute atomic E-state index is 0.165. The zero-order chi connectivity index (χ0) is 21.2. The number of halogens is 1. The predicted molar refractivity (Wildman–Crippen MR) is 106 cm³/mol. The molecule has 0 bridgehead atoms. The van der Waals surface area contributed by atoms with E-state index >= 15 is 0 Å². The summed E-state index contributed by atoms with van der Waals surface area (Å²) in [7, 11) is -3.95. The van der Waals surface area contributed by atoms with Gasteiger partial charge in [0, 0.05) is 44.8 Å². The van der Waals surface area contributed by atoms with E-state index in [2.05, 4.69) is 11.0 Å². The van der Waals surface area contributed by atoms with Crippen LogP contribution in [-0.4, -0.2) is 73.7 Å². The highest BCUT2D eigenvalue weighted by atomic mass is 32.2. The van der Waals surface area contributed by atoms with Crippen LogP contribution < -0.4 is 0 Å². The Kier molecular flexibility index (Phi) is 6.56. The molecule has 2 heterocycles. The van der Waals surface area contributed by atoms with Crippen LogP contribution in [0, 0.1) is 23.1 Å². The molecular formula is C20H27FN4O3S. The van der Waals surface area contributed by atoms with Crippen LogP contribution >= 0.6 is 0 Å². The van der Waals surface area contributed by atoms with E-state index in [9.17, 15) is 22.9 Å². The molecule has 1 unspecified atom stereocenters. The number of hydrogen-bond acceptors (Lipinski definition) is 5. The van der Waals surface area contributed by atoms with Gasteiger partial charge in [0.2, 0.25) is 10.0 Å². The Bertz CT molecular complexity index is 899. The van der Waals surface area contributed by atoms with Crippen LogP contribution in [-0.2, 0) is 10.0 Å². The van der Waals surface area contributed by atoms with Gasteiger partial charge >= 0.3 is 0 Å². The van der Waals surface area contributed by atoms with Crippen molar-refractivity contribution in [2.45, 2.75) is 37.6 Å². The number of benzene rings is 1. The molecule has 2 aliphatic rings. The minimum atomic E-state index is -3.95. The van der Waals surface area contributed by atoms with Crippen molar-refractivity contribution >= 4 is 15.9 Å². The summed E-state index contributed by atoms with van der Waals surface area (Å²) >= 11 is 0. The van der Waals surface area contributed by atoms with Crippen molar-refractivity contribution in [3.05, 3.63) is 29.6 Å². The first-order valence-corrected chi connectivity index (χ1v) is 11.4. The standard InChI is InChI=1S/C20H27FN4O3S/c1-15(2)18(14-22)23-9-11-24(12-10-23)20(26)16-5-6-17(21)19(13-16)29(27,28)25-7-3-4-8-25/h5-6,13,15,18H,3-4,7-12H2,1-2H3. The fourth-order valence-corrected chi connectivity index (χ4v) is 5.55. The second-order valence-electron chi connectivity index (χ2n) is 7.90. The fraction of sp³-hybridized carbons (Fsp3) is 0.600. The largest absolute Gasteiger partial charge is 0.336 e. The topological polar surface area (TPSA) is 84.7 Å². The van der Waals surface area contributed by atoms with Crippen molar-refractivity contribution in [1.29, 1.82) is 5.26 Å². The number of hydrogen-bond donors (Lipinski definition) is 0. The Morgan fingerprint density at radius 3 is 2.28 bits per heavy atom.